The maximum Gasteiger partial charge on any atom is 0.275 e. The first-order chi connectivity index (χ1) is 9.49. The van der Waals surface area contributed by atoms with Crippen LogP contribution in [-0.2, 0) is 0 Å². The van der Waals surface area contributed by atoms with Crippen molar-refractivity contribution in [3.8, 4) is 0 Å². The Balaban J connectivity index is 2.34. The molecule has 1 aromatic heterocycles. The zero-order valence-electron chi connectivity index (χ0n) is 10.3. The van der Waals surface area contributed by atoms with Crippen molar-refractivity contribution in [3.63, 3.8) is 0 Å². The number of anilines is 1. The van der Waals surface area contributed by atoms with Crippen molar-refractivity contribution in [2.24, 2.45) is 0 Å². The van der Waals surface area contributed by atoms with Crippen LogP contribution in [0.5, 0.6) is 0 Å². The van der Waals surface area contributed by atoms with E-state index in [4.69, 9.17) is 0 Å². The molecular formula is C12H9F2N3O2S. The van der Waals surface area contributed by atoms with Crippen molar-refractivity contribution in [2.45, 2.75) is 9.92 Å². The van der Waals surface area contributed by atoms with Crippen LogP contribution in [-0.4, -0.2) is 17.0 Å². The van der Waals surface area contributed by atoms with Gasteiger partial charge in [0.15, 0.2) is 11.6 Å². The van der Waals surface area contributed by atoms with Crippen LogP contribution in [0.3, 0.4) is 0 Å². The predicted molar refractivity (Wildman–Crippen MR) is 70.9 cm³/mol. The largest absolute Gasteiger partial charge is 0.373 e. The summed E-state index contributed by atoms with van der Waals surface area (Å²) in [5, 5.41) is 13.8. The molecule has 0 aliphatic heterocycles. The number of halogens is 2. The Morgan fingerprint density at radius 2 is 2.00 bits per heavy atom. The minimum atomic E-state index is -0.978. The average Bonchev–Trinajstić information content (AvgIpc) is 2.42. The molecule has 0 unspecified atom stereocenters. The highest BCUT2D eigenvalue weighted by molar-refractivity contribution is 7.99. The van der Waals surface area contributed by atoms with E-state index < -0.39 is 16.6 Å². The van der Waals surface area contributed by atoms with Gasteiger partial charge in [-0.05, 0) is 18.2 Å². The van der Waals surface area contributed by atoms with Gasteiger partial charge in [0.2, 0.25) is 0 Å². The van der Waals surface area contributed by atoms with Crippen molar-refractivity contribution >= 4 is 23.3 Å². The van der Waals surface area contributed by atoms with Gasteiger partial charge < -0.3 is 5.32 Å². The maximum atomic E-state index is 13.1. The molecule has 0 saturated carbocycles. The van der Waals surface area contributed by atoms with E-state index in [1.807, 2.05) is 0 Å². The number of aromatic nitrogens is 1. The maximum absolute atomic E-state index is 13.1. The molecule has 1 heterocycles. The molecule has 0 fully saturated rings. The zero-order valence-corrected chi connectivity index (χ0v) is 11.1. The highest BCUT2D eigenvalue weighted by atomic mass is 32.2. The van der Waals surface area contributed by atoms with Gasteiger partial charge in [-0.3, -0.25) is 10.1 Å². The summed E-state index contributed by atoms with van der Waals surface area (Å²) in [6.45, 7) is 0. The summed E-state index contributed by atoms with van der Waals surface area (Å²) in [5.41, 5.74) is -0.130. The van der Waals surface area contributed by atoms with E-state index in [9.17, 15) is 18.9 Å². The molecule has 20 heavy (non-hydrogen) atoms. The minimum absolute atomic E-state index is 0.130. The zero-order chi connectivity index (χ0) is 14.7. The van der Waals surface area contributed by atoms with E-state index in [1.54, 1.807) is 7.05 Å². The van der Waals surface area contributed by atoms with Gasteiger partial charge in [0.25, 0.3) is 5.69 Å². The van der Waals surface area contributed by atoms with Crippen LogP contribution in [0.15, 0.2) is 40.3 Å². The molecule has 0 saturated heterocycles. The quantitative estimate of drug-likeness (QED) is 0.691. The molecule has 2 aromatic rings. The van der Waals surface area contributed by atoms with Crippen molar-refractivity contribution in [1.82, 2.24) is 4.98 Å². The Morgan fingerprint density at radius 1 is 1.25 bits per heavy atom. The molecule has 1 N–H and O–H groups in total. The summed E-state index contributed by atoms with van der Waals surface area (Å²) in [5.74, 6) is -1.60. The third-order valence-corrected chi connectivity index (χ3v) is 3.27. The first kappa shape index (κ1) is 14.2. The van der Waals surface area contributed by atoms with Gasteiger partial charge in [0.05, 0.1) is 11.0 Å². The third-order valence-electron chi connectivity index (χ3n) is 2.37. The normalized spacial score (nSPS) is 10.3. The van der Waals surface area contributed by atoms with Crippen LogP contribution >= 0.6 is 11.8 Å². The van der Waals surface area contributed by atoms with E-state index in [-0.39, 0.29) is 5.69 Å². The standard InChI is InChI=1S/C12H9F2N3O2S/c1-15-11-4-7(17(18)19)5-12(16-11)20-8-2-3-9(13)10(14)6-8/h2-6H,1H3,(H,15,16). The number of hydrogen-bond acceptors (Lipinski definition) is 5. The SMILES string of the molecule is CNc1cc([N+](=O)[O-])cc(Sc2ccc(F)c(F)c2)n1. The molecule has 2 rings (SSSR count). The van der Waals surface area contributed by atoms with Crippen molar-refractivity contribution in [3.05, 3.63) is 52.1 Å². The number of nitro groups is 1. The second-order valence-electron chi connectivity index (χ2n) is 3.73. The lowest BCUT2D eigenvalue weighted by atomic mass is 10.3. The molecular weight excluding hydrogens is 288 g/mol. The minimum Gasteiger partial charge on any atom is -0.373 e. The molecule has 0 spiro atoms. The number of nitrogens with one attached hydrogen (secondary N) is 1. The van der Waals surface area contributed by atoms with Crippen molar-refractivity contribution in [1.29, 1.82) is 0 Å². The first-order valence-electron chi connectivity index (χ1n) is 5.46. The number of hydrogen-bond donors (Lipinski definition) is 1. The van der Waals surface area contributed by atoms with Gasteiger partial charge in [-0.1, -0.05) is 11.8 Å². The molecule has 104 valence electrons. The van der Waals surface area contributed by atoms with Crippen molar-refractivity contribution < 1.29 is 13.7 Å². The van der Waals surface area contributed by atoms with Gasteiger partial charge in [-0.15, -0.1) is 0 Å². The smallest absolute Gasteiger partial charge is 0.275 e. The molecule has 8 heteroatoms. The highest BCUT2D eigenvalue weighted by Crippen LogP contribution is 2.30. The molecule has 0 aliphatic carbocycles. The summed E-state index contributed by atoms with van der Waals surface area (Å²) < 4.78 is 25.9. The lowest BCUT2D eigenvalue weighted by Crippen LogP contribution is -1.97. The number of pyridine rings is 1. The average molecular weight is 297 g/mol. The van der Waals surface area contributed by atoms with E-state index >= 15 is 0 Å². The number of rotatable bonds is 4. The van der Waals surface area contributed by atoms with Gasteiger partial charge in [0, 0.05) is 18.0 Å². The molecule has 0 radical (unpaired) electrons. The van der Waals surface area contributed by atoms with Gasteiger partial charge >= 0.3 is 0 Å². The van der Waals surface area contributed by atoms with Crippen LogP contribution in [0, 0.1) is 21.7 Å². The summed E-state index contributed by atoms with van der Waals surface area (Å²) in [6.07, 6.45) is 0. The van der Waals surface area contributed by atoms with Crippen LogP contribution in [0.25, 0.3) is 0 Å². The monoisotopic (exact) mass is 297 g/mol. The topological polar surface area (TPSA) is 68.1 Å². The Morgan fingerprint density at radius 3 is 2.60 bits per heavy atom. The summed E-state index contributed by atoms with van der Waals surface area (Å²) >= 11 is 1.01. The van der Waals surface area contributed by atoms with E-state index in [2.05, 4.69) is 10.3 Å². The Kier molecular flexibility index (Phi) is 4.14. The molecule has 0 amide bonds. The van der Waals surface area contributed by atoms with E-state index in [0.717, 1.165) is 23.9 Å². The lowest BCUT2D eigenvalue weighted by molar-refractivity contribution is -0.385. The van der Waals surface area contributed by atoms with E-state index in [0.29, 0.717) is 15.7 Å². The summed E-state index contributed by atoms with van der Waals surface area (Å²) in [4.78, 5) is 14.8. The van der Waals surface area contributed by atoms with Gasteiger partial charge in [-0.2, -0.15) is 0 Å². The molecule has 5 nitrogen and oxygen atoms in total. The van der Waals surface area contributed by atoms with Crippen LogP contribution in [0.4, 0.5) is 20.3 Å². The van der Waals surface area contributed by atoms with E-state index in [1.165, 1.54) is 18.2 Å². The van der Waals surface area contributed by atoms with Crippen LogP contribution in [0.1, 0.15) is 0 Å². The fraction of sp³-hybridized carbons (Fsp3) is 0.0833. The number of benzene rings is 1. The molecule has 1 aromatic carbocycles. The highest BCUT2D eigenvalue weighted by Gasteiger charge is 2.12. The second-order valence-corrected chi connectivity index (χ2v) is 4.83. The molecule has 0 aliphatic rings. The van der Waals surface area contributed by atoms with Gasteiger partial charge in [-0.25, -0.2) is 13.8 Å². The Labute approximate surface area is 117 Å². The fourth-order valence-corrected chi connectivity index (χ4v) is 2.30. The van der Waals surface area contributed by atoms with Crippen LogP contribution < -0.4 is 5.32 Å². The molecule has 0 atom stereocenters. The number of nitrogens with zero attached hydrogens (tertiary/aromatic N) is 2. The first-order valence-corrected chi connectivity index (χ1v) is 6.28. The summed E-state index contributed by atoms with van der Waals surface area (Å²) in [7, 11) is 1.58. The van der Waals surface area contributed by atoms with Crippen molar-refractivity contribution in [2.75, 3.05) is 12.4 Å². The summed E-state index contributed by atoms with van der Waals surface area (Å²) in [6, 6.07) is 5.94. The Bertz CT molecular complexity index is 667. The lowest BCUT2D eigenvalue weighted by Gasteiger charge is -2.05. The second kappa shape index (κ2) is 5.83. The van der Waals surface area contributed by atoms with Crippen LogP contribution in [0.2, 0.25) is 0 Å². The molecule has 0 bridgehead atoms. The Hall–Kier alpha value is -2.22. The van der Waals surface area contributed by atoms with Gasteiger partial charge in [0.1, 0.15) is 10.8 Å². The predicted octanol–water partition coefficient (Wildman–Crippen LogP) is 3.46. The third kappa shape index (κ3) is 3.21. The fourth-order valence-electron chi connectivity index (χ4n) is 1.44.